The van der Waals surface area contributed by atoms with Gasteiger partial charge in [-0.25, -0.2) is 0 Å². The summed E-state index contributed by atoms with van der Waals surface area (Å²) in [5.41, 5.74) is 0.975. The second-order valence-corrected chi connectivity index (χ2v) is 5.97. The van der Waals surface area contributed by atoms with Crippen molar-refractivity contribution in [2.75, 3.05) is 0 Å². The Kier molecular flexibility index (Phi) is 2.57. The molecular weight excluding hydrogens is 206 g/mol. The van der Waals surface area contributed by atoms with E-state index >= 15 is 0 Å². The van der Waals surface area contributed by atoms with Crippen molar-refractivity contribution < 1.29 is 5.11 Å². The fraction of sp³-hybridized carbons (Fsp3) is 0.583. The first kappa shape index (κ1) is 10.7. The number of rotatable bonds is 2. The van der Waals surface area contributed by atoms with Crippen LogP contribution in [0.3, 0.4) is 0 Å². The predicted molar refractivity (Wildman–Crippen MR) is 60.7 cm³/mol. The maximum atomic E-state index is 10.2. The van der Waals surface area contributed by atoms with Gasteiger partial charge >= 0.3 is 0 Å². The molecule has 0 saturated carbocycles. The van der Waals surface area contributed by atoms with Crippen molar-refractivity contribution in [1.29, 1.82) is 5.26 Å². The Morgan fingerprint density at radius 1 is 1.73 bits per heavy atom. The molecule has 1 aromatic rings. The van der Waals surface area contributed by atoms with Crippen LogP contribution in [0.25, 0.3) is 0 Å². The number of aliphatic hydroxyl groups is 1. The van der Waals surface area contributed by atoms with Gasteiger partial charge in [0.1, 0.15) is 0 Å². The molecule has 15 heavy (non-hydrogen) atoms. The van der Waals surface area contributed by atoms with Crippen molar-refractivity contribution in [1.82, 2.24) is 0 Å². The van der Waals surface area contributed by atoms with Crippen molar-refractivity contribution in [2.45, 2.75) is 39.2 Å². The number of nitrogens with zero attached hydrogens (tertiary/aromatic N) is 1. The van der Waals surface area contributed by atoms with E-state index in [2.05, 4.69) is 26.0 Å². The molecular formula is C12H15NOS. The maximum absolute atomic E-state index is 10.2. The summed E-state index contributed by atoms with van der Waals surface area (Å²) >= 11 is 1.77. The van der Waals surface area contributed by atoms with Gasteiger partial charge in [-0.05, 0) is 31.4 Å². The zero-order valence-electron chi connectivity index (χ0n) is 9.08. The summed E-state index contributed by atoms with van der Waals surface area (Å²) < 4.78 is 0. The van der Waals surface area contributed by atoms with Crippen LogP contribution >= 0.6 is 11.3 Å². The van der Waals surface area contributed by atoms with Crippen LogP contribution in [0.4, 0.5) is 0 Å². The lowest BCUT2D eigenvalue weighted by Gasteiger charge is -2.27. The van der Waals surface area contributed by atoms with Crippen LogP contribution in [0.2, 0.25) is 0 Å². The largest absolute Gasteiger partial charge is 0.388 e. The first-order valence-electron chi connectivity index (χ1n) is 5.21. The molecule has 1 aliphatic rings. The van der Waals surface area contributed by atoms with Crippen molar-refractivity contribution in [2.24, 2.45) is 5.41 Å². The van der Waals surface area contributed by atoms with E-state index in [1.54, 1.807) is 11.3 Å². The van der Waals surface area contributed by atoms with Gasteiger partial charge in [-0.1, -0.05) is 6.92 Å². The first-order chi connectivity index (χ1) is 7.07. The second kappa shape index (κ2) is 3.62. The summed E-state index contributed by atoms with van der Waals surface area (Å²) in [6, 6.07) is 4.25. The number of aliphatic hydroxyl groups excluding tert-OH is 1. The van der Waals surface area contributed by atoms with Crippen molar-refractivity contribution >= 4 is 11.3 Å². The standard InChI is InChI=1S/C12H15NOS/c1-8-6-9-10(15-8)7-12(2,11(9)14)4-3-5-13/h6,11,14H,3-4,7H2,1-2H3. The van der Waals surface area contributed by atoms with Gasteiger partial charge in [0.2, 0.25) is 0 Å². The molecule has 0 bridgehead atoms. The van der Waals surface area contributed by atoms with E-state index in [1.165, 1.54) is 9.75 Å². The van der Waals surface area contributed by atoms with Crippen LogP contribution in [0.5, 0.6) is 0 Å². The van der Waals surface area contributed by atoms with E-state index in [4.69, 9.17) is 5.26 Å². The van der Waals surface area contributed by atoms with E-state index in [0.717, 1.165) is 18.4 Å². The van der Waals surface area contributed by atoms with E-state index in [9.17, 15) is 5.11 Å². The molecule has 2 nitrogen and oxygen atoms in total. The van der Waals surface area contributed by atoms with Crippen LogP contribution in [0, 0.1) is 23.7 Å². The fourth-order valence-electron chi connectivity index (χ4n) is 2.36. The fourth-order valence-corrected chi connectivity index (χ4v) is 3.62. The zero-order valence-corrected chi connectivity index (χ0v) is 9.90. The van der Waals surface area contributed by atoms with E-state index < -0.39 is 0 Å². The molecule has 0 spiro atoms. The smallest absolute Gasteiger partial charge is 0.0858 e. The van der Waals surface area contributed by atoms with E-state index in [1.807, 2.05) is 0 Å². The molecule has 0 radical (unpaired) electrons. The number of thiophene rings is 1. The number of hydrogen-bond acceptors (Lipinski definition) is 3. The van der Waals surface area contributed by atoms with Gasteiger partial charge in [0.15, 0.2) is 0 Å². The summed E-state index contributed by atoms with van der Waals surface area (Å²) in [6.45, 7) is 4.15. The van der Waals surface area contributed by atoms with Gasteiger partial charge in [0.05, 0.1) is 12.2 Å². The van der Waals surface area contributed by atoms with Gasteiger partial charge in [0.25, 0.3) is 0 Å². The first-order valence-corrected chi connectivity index (χ1v) is 6.03. The molecule has 1 aliphatic carbocycles. The topological polar surface area (TPSA) is 44.0 Å². The highest BCUT2D eigenvalue weighted by atomic mass is 32.1. The molecule has 2 rings (SSSR count). The van der Waals surface area contributed by atoms with Crippen LogP contribution in [-0.2, 0) is 6.42 Å². The third kappa shape index (κ3) is 1.68. The number of fused-ring (bicyclic) bond motifs is 1. The van der Waals surface area contributed by atoms with E-state index in [0.29, 0.717) is 6.42 Å². The Morgan fingerprint density at radius 2 is 2.47 bits per heavy atom. The quantitative estimate of drug-likeness (QED) is 0.834. The van der Waals surface area contributed by atoms with E-state index in [-0.39, 0.29) is 11.5 Å². The molecule has 0 fully saturated rings. The van der Waals surface area contributed by atoms with Crippen molar-refractivity contribution in [3.8, 4) is 6.07 Å². The Hall–Kier alpha value is -0.850. The normalized spacial score (nSPS) is 28.8. The lowest BCUT2D eigenvalue weighted by molar-refractivity contribution is 0.0471. The zero-order chi connectivity index (χ0) is 11.1. The third-order valence-corrected chi connectivity index (χ3v) is 4.36. The van der Waals surface area contributed by atoms with Crippen LogP contribution in [0.15, 0.2) is 6.07 Å². The Labute approximate surface area is 94.2 Å². The minimum Gasteiger partial charge on any atom is -0.388 e. The average Bonchev–Trinajstić information content (AvgIpc) is 2.63. The van der Waals surface area contributed by atoms with Crippen molar-refractivity contribution in [3.63, 3.8) is 0 Å². The molecule has 1 heterocycles. The molecule has 2 atom stereocenters. The molecule has 80 valence electrons. The highest BCUT2D eigenvalue weighted by Crippen LogP contribution is 2.50. The van der Waals surface area contributed by atoms with Gasteiger partial charge in [-0.3, -0.25) is 0 Å². The maximum Gasteiger partial charge on any atom is 0.0858 e. The molecule has 1 aromatic heterocycles. The summed E-state index contributed by atoms with van der Waals surface area (Å²) in [6.07, 6.45) is 1.85. The number of nitriles is 1. The average molecular weight is 221 g/mol. The SMILES string of the molecule is Cc1cc2c(s1)CC(C)(CCC#N)C2O. The highest BCUT2D eigenvalue weighted by Gasteiger charge is 2.42. The monoisotopic (exact) mass is 221 g/mol. The molecule has 0 aromatic carbocycles. The van der Waals surface area contributed by atoms with Crippen LogP contribution in [-0.4, -0.2) is 5.11 Å². The molecule has 3 heteroatoms. The van der Waals surface area contributed by atoms with Gasteiger partial charge in [-0.2, -0.15) is 5.26 Å². The van der Waals surface area contributed by atoms with Crippen LogP contribution in [0.1, 0.15) is 41.2 Å². The summed E-state index contributed by atoms with van der Waals surface area (Å²) in [4.78, 5) is 2.57. The molecule has 0 saturated heterocycles. The van der Waals surface area contributed by atoms with Crippen molar-refractivity contribution in [3.05, 3.63) is 21.4 Å². The lowest BCUT2D eigenvalue weighted by Crippen LogP contribution is -2.21. The minimum atomic E-state index is -0.384. The molecule has 1 N–H and O–H groups in total. The Morgan fingerprint density at radius 3 is 3.07 bits per heavy atom. The number of aryl methyl sites for hydroxylation is 1. The minimum absolute atomic E-state index is 0.120. The highest BCUT2D eigenvalue weighted by molar-refractivity contribution is 7.12. The van der Waals surface area contributed by atoms with Gasteiger partial charge in [-0.15, -0.1) is 11.3 Å². The van der Waals surface area contributed by atoms with Gasteiger partial charge < -0.3 is 5.11 Å². The molecule has 2 unspecified atom stereocenters. The lowest BCUT2D eigenvalue weighted by atomic mass is 9.81. The Balaban J connectivity index is 2.23. The second-order valence-electron chi connectivity index (χ2n) is 4.63. The molecule has 0 amide bonds. The summed E-state index contributed by atoms with van der Waals surface area (Å²) in [5, 5.41) is 18.8. The summed E-state index contributed by atoms with van der Waals surface area (Å²) in [7, 11) is 0. The number of hydrogen-bond donors (Lipinski definition) is 1. The van der Waals surface area contributed by atoms with Gasteiger partial charge in [0, 0.05) is 21.6 Å². The Bertz CT molecular complexity index is 418. The van der Waals surface area contributed by atoms with Crippen LogP contribution < -0.4 is 0 Å². The predicted octanol–water partition coefficient (Wildman–Crippen LogP) is 2.96. The third-order valence-electron chi connectivity index (χ3n) is 3.29. The summed E-state index contributed by atoms with van der Waals surface area (Å²) in [5.74, 6) is 0. The molecule has 0 aliphatic heterocycles.